The Balaban J connectivity index is 1.77. The molecule has 2 aromatic rings. The summed E-state index contributed by atoms with van der Waals surface area (Å²) < 4.78 is 15.4. The highest BCUT2D eigenvalue weighted by Gasteiger charge is 2.32. The van der Waals surface area contributed by atoms with Crippen LogP contribution in [0.4, 0.5) is 4.39 Å². The predicted molar refractivity (Wildman–Crippen MR) is 108 cm³/mol. The van der Waals surface area contributed by atoms with Crippen LogP contribution < -0.4 is 0 Å². The normalized spacial score (nSPS) is 18.9. The number of hydrogen-bond acceptors (Lipinski definition) is 3. The molecule has 0 aliphatic carbocycles. The Bertz CT molecular complexity index is 784. The Hall–Kier alpha value is -2.21. The molecule has 1 amide bonds. The van der Waals surface area contributed by atoms with Gasteiger partial charge in [0.15, 0.2) is 0 Å². The topological polar surface area (TPSA) is 41.4 Å². The number of rotatable bonds is 6. The van der Waals surface area contributed by atoms with E-state index in [1.54, 1.807) is 12.1 Å². The van der Waals surface area contributed by atoms with Gasteiger partial charge in [-0.2, -0.15) is 0 Å². The van der Waals surface area contributed by atoms with Gasteiger partial charge < -0.3 is 9.47 Å². The molecule has 1 aliphatic heterocycles. The van der Waals surface area contributed by atoms with Crippen molar-refractivity contribution in [3.05, 3.63) is 53.9 Å². The number of hydrogen-bond donors (Lipinski definition) is 0. The quantitative estimate of drug-likeness (QED) is 0.757. The Morgan fingerprint density at radius 3 is 2.50 bits per heavy atom. The number of benzene rings is 1. The van der Waals surface area contributed by atoms with Gasteiger partial charge in [-0.25, -0.2) is 9.37 Å². The van der Waals surface area contributed by atoms with Crippen LogP contribution in [0.5, 0.6) is 0 Å². The van der Waals surface area contributed by atoms with Crippen molar-refractivity contribution in [1.82, 2.24) is 19.4 Å². The summed E-state index contributed by atoms with van der Waals surface area (Å²) in [6.45, 7) is 11.5. The van der Waals surface area contributed by atoms with Gasteiger partial charge in [0.05, 0.1) is 12.0 Å². The summed E-state index contributed by atoms with van der Waals surface area (Å²) in [5.74, 6) is 0.252. The van der Waals surface area contributed by atoms with Crippen LogP contribution in [0.2, 0.25) is 0 Å². The van der Waals surface area contributed by atoms with Crippen LogP contribution in [0, 0.1) is 11.7 Å². The number of imidazole rings is 1. The van der Waals surface area contributed by atoms with Crippen molar-refractivity contribution in [3.63, 3.8) is 0 Å². The van der Waals surface area contributed by atoms with Crippen molar-refractivity contribution in [2.45, 2.75) is 59.3 Å². The summed E-state index contributed by atoms with van der Waals surface area (Å²) in [6, 6.07) is 6.94. The van der Waals surface area contributed by atoms with E-state index in [2.05, 4.69) is 42.1 Å². The fourth-order valence-electron chi connectivity index (χ4n) is 3.89. The van der Waals surface area contributed by atoms with E-state index in [0.717, 1.165) is 25.2 Å². The lowest BCUT2D eigenvalue weighted by atomic mass is 10.0. The van der Waals surface area contributed by atoms with E-state index in [-0.39, 0.29) is 17.8 Å². The van der Waals surface area contributed by atoms with Crippen LogP contribution in [0.25, 0.3) is 0 Å². The molecule has 1 aromatic carbocycles. The molecule has 0 spiro atoms. The molecule has 0 unspecified atom stereocenters. The maximum Gasteiger partial charge on any atom is 0.224 e. The molecule has 0 N–H and O–H groups in total. The summed E-state index contributed by atoms with van der Waals surface area (Å²) in [4.78, 5) is 21.6. The molecule has 28 heavy (non-hydrogen) atoms. The van der Waals surface area contributed by atoms with Gasteiger partial charge in [-0.1, -0.05) is 26.0 Å². The molecule has 1 aromatic heterocycles. The van der Waals surface area contributed by atoms with E-state index in [1.165, 1.54) is 17.8 Å². The summed E-state index contributed by atoms with van der Waals surface area (Å²) in [5, 5.41) is 0. The fraction of sp³-hybridized carbons (Fsp3) is 0.545. The van der Waals surface area contributed by atoms with Gasteiger partial charge in [0.2, 0.25) is 5.91 Å². The molecule has 0 bridgehead atoms. The average Bonchev–Trinajstić information content (AvgIpc) is 3.05. The van der Waals surface area contributed by atoms with Crippen molar-refractivity contribution < 1.29 is 9.18 Å². The Kier molecular flexibility index (Phi) is 6.50. The zero-order valence-corrected chi connectivity index (χ0v) is 17.3. The van der Waals surface area contributed by atoms with Crippen LogP contribution in [0.3, 0.4) is 0 Å². The molecule has 1 fully saturated rings. The second kappa shape index (κ2) is 8.86. The molecule has 6 heteroatoms. The highest BCUT2D eigenvalue weighted by molar-refractivity contribution is 5.77. The molecule has 3 rings (SSSR count). The standard InChI is InChI=1S/C22H31FN4O/c1-16(2)21-14-25(13-20-11-24-15-27(20)17(3)4)10-9-22(28)26(21)12-18-5-7-19(23)8-6-18/h5-8,11,15-17,21H,9-10,12-14H2,1-4H3/t21-/m1/s1. The summed E-state index contributed by atoms with van der Waals surface area (Å²) in [5.41, 5.74) is 2.14. The first kappa shape index (κ1) is 20.5. The Labute approximate surface area is 167 Å². The number of nitrogens with zero attached hydrogens (tertiary/aromatic N) is 4. The molecule has 0 saturated carbocycles. The summed E-state index contributed by atoms with van der Waals surface area (Å²) >= 11 is 0. The molecular weight excluding hydrogens is 355 g/mol. The van der Waals surface area contributed by atoms with Crippen molar-refractivity contribution >= 4 is 5.91 Å². The minimum atomic E-state index is -0.251. The zero-order valence-electron chi connectivity index (χ0n) is 17.3. The molecule has 1 saturated heterocycles. The Morgan fingerprint density at radius 1 is 1.14 bits per heavy atom. The predicted octanol–water partition coefficient (Wildman–Crippen LogP) is 3.86. The third-order valence-corrected chi connectivity index (χ3v) is 5.53. The second-order valence-corrected chi connectivity index (χ2v) is 8.33. The van der Waals surface area contributed by atoms with Crippen LogP contribution in [0.1, 0.15) is 51.4 Å². The lowest BCUT2D eigenvalue weighted by Gasteiger charge is -2.35. The third kappa shape index (κ3) is 4.79. The maximum absolute atomic E-state index is 13.2. The monoisotopic (exact) mass is 386 g/mol. The Morgan fingerprint density at radius 2 is 1.86 bits per heavy atom. The lowest BCUT2D eigenvalue weighted by molar-refractivity contribution is -0.134. The molecule has 5 nitrogen and oxygen atoms in total. The first-order valence-corrected chi connectivity index (χ1v) is 10.1. The second-order valence-electron chi connectivity index (χ2n) is 8.33. The van der Waals surface area contributed by atoms with Gasteiger partial charge in [-0.3, -0.25) is 9.69 Å². The van der Waals surface area contributed by atoms with Gasteiger partial charge in [0.1, 0.15) is 5.82 Å². The molecular formula is C22H31FN4O. The fourth-order valence-corrected chi connectivity index (χ4v) is 3.89. The maximum atomic E-state index is 13.2. The van der Waals surface area contributed by atoms with E-state index in [4.69, 9.17) is 0 Å². The van der Waals surface area contributed by atoms with E-state index < -0.39 is 0 Å². The third-order valence-electron chi connectivity index (χ3n) is 5.53. The van der Waals surface area contributed by atoms with Crippen LogP contribution in [-0.4, -0.2) is 44.4 Å². The van der Waals surface area contributed by atoms with Crippen LogP contribution >= 0.6 is 0 Å². The van der Waals surface area contributed by atoms with Crippen molar-refractivity contribution in [2.75, 3.05) is 13.1 Å². The SMILES string of the molecule is CC(C)[C@H]1CN(Cc2cncn2C(C)C)CCC(=O)N1Cc1ccc(F)cc1. The smallest absolute Gasteiger partial charge is 0.224 e. The van der Waals surface area contributed by atoms with Gasteiger partial charge in [0.25, 0.3) is 0 Å². The van der Waals surface area contributed by atoms with E-state index in [0.29, 0.717) is 24.9 Å². The van der Waals surface area contributed by atoms with Crippen molar-refractivity contribution in [2.24, 2.45) is 5.92 Å². The van der Waals surface area contributed by atoms with Gasteiger partial charge in [-0.15, -0.1) is 0 Å². The van der Waals surface area contributed by atoms with Crippen LogP contribution in [-0.2, 0) is 17.9 Å². The number of amides is 1. The number of carbonyl (C=O) groups excluding carboxylic acids is 1. The molecule has 1 aliphatic rings. The minimum Gasteiger partial charge on any atom is -0.334 e. The molecule has 0 radical (unpaired) electrons. The lowest BCUT2D eigenvalue weighted by Crippen LogP contribution is -2.45. The highest BCUT2D eigenvalue weighted by atomic mass is 19.1. The first-order chi connectivity index (χ1) is 13.3. The summed E-state index contributed by atoms with van der Waals surface area (Å²) in [6.07, 6.45) is 4.30. The zero-order chi connectivity index (χ0) is 20.3. The minimum absolute atomic E-state index is 0.121. The molecule has 152 valence electrons. The number of aromatic nitrogens is 2. The highest BCUT2D eigenvalue weighted by Crippen LogP contribution is 2.22. The summed E-state index contributed by atoms with van der Waals surface area (Å²) in [7, 11) is 0. The first-order valence-electron chi connectivity index (χ1n) is 10.1. The molecule has 2 heterocycles. The molecule has 1 atom stereocenters. The van der Waals surface area contributed by atoms with E-state index in [9.17, 15) is 9.18 Å². The van der Waals surface area contributed by atoms with Gasteiger partial charge in [-0.05, 0) is 37.5 Å². The largest absolute Gasteiger partial charge is 0.334 e. The number of halogens is 1. The average molecular weight is 387 g/mol. The van der Waals surface area contributed by atoms with Crippen molar-refractivity contribution in [1.29, 1.82) is 0 Å². The van der Waals surface area contributed by atoms with Crippen molar-refractivity contribution in [3.8, 4) is 0 Å². The van der Waals surface area contributed by atoms with Gasteiger partial charge in [0, 0.05) is 50.9 Å². The van der Waals surface area contributed by atoms with E-state index >= 15 is 0 Å². The van der Waals surface area contributed by atoms with Crippen LogP contribution in [0.15, 0.2) is 36.8 Å². The number of carbonyl (C=O) groups is 1. The van der Waals surface area contributed by atoms with Gasteiger partial charge >= 0.3 is 0 Å². The van der Waals surface area contributed by atoms with E-state index in [1.807, 2.05) is 17.4 Å².